The Hall–Kier alpha value is -1.13. The van der Waals surface area contributed by atoms with E-state index in [1.165, 1.54) is 19.2 Å². The van der Waals surface area contributed by atoms with E-state index >= 15 is 0 Å². The van der Waals surface area contributed by atoms with Gasteiger partial charge in [-0.25, -0.2) is 4.39 Å². The number of nitrogens with two attached hydrogens (primary N) is 1. The van der Waals surface area contributed by atoms with Crippen LogP contribution in [0.25, 0.3) is 0 Å². The molecule has 14 heavy (non-hydrogen) atoms. The predicted octanol–water partition coefficient (Wildman–Crippen LogP) is 1.22. The zero-order valence-electron chi connectivity index (χ0n) is 8.03. The molecule has 78 valence electrons. The molecule has 0 heterocycles. The molecule has 4 heteroatoms. The van der Waals surface area contributed by atoms with Gasteiger partial charge >= 0.3 is 0 Å². The Balaban J connectivity index is 2.95. The number of halogens is 1. The lowest BCUT2D eigenvalue weighted by Gasteiger charge is -2.14. The average Bonchev–Trinajstić information content (AvgIpc) is 2.17. The van der Waals surface area contributed by atoms with Crippen molar-refractivity contribution in [2.24, 2.45) is 5.73 Å². The predicted molar refractivity (Wildman–Crippen MR) is 51.6 cm³/mol. The summed E-state index contributed by atoms with van der Waals surface area (Å²) in [6.07, 6.45) is 0.433. The van der Waals surface area contributed by atoms with Gasteiger partial charge < -0.3 is 15.6 Å². The monoisotopic (exact) mass is 199 g/mol. The fraction of sp³-hybridized carbons (Fsp3) is 0.400. The van der Waals surface area contributed by atoms with Gasteiger partial charge in [0.15, 0.2) is 0 Å². The van der Waals surface area contributed by atoms with Gasteiger partial charge in [-0.1, -0.05) is 6.07 Å². The molecule has 1 unspecified atom stereocenters. The van der Waals surface area contributed by atoms with Crippen LogP contribution in [-0.4, -0.2) is 18.8 Å². The van der Waals surface area contributed by atoms with Crippen molar-refractivity contribution in [2.75, 3.05) is 13.7 Å². The summed E-state index contributed by atoms with van der Waals surface area (Å²) in [7, 11) is 1.46. The lowest BCUT2D eigenvalue weighted by Crippen LogP contribution is -2.13. The highest BCUT2D eigenvalue weighted by Gasteiger charge is 2.11. The first-order chi connectivity index (χ1) is 6.69. The van der Waals surface area contributed by atoms with Gasteiger partial charge in [0.25, 0.3) is 0 Å². The van der Waals surface area contributed by atoms with Gasteiger partial charge in [-0.15, -0.1) is 0 Å². The first-order valence-corrected chi connectivity index (χ1v) is 4.39. The molecular weight excluding hydrogens is 185 g/mol. The van der Waals surface area contributed by atoms with E-state index in [2.05, 4.69) is 0 Å². The van der Waals surface area contributed by atoms with E-state index in [-0.39, 0.29) is 18.5 Å². The van der Waals surface area contributed by atoms with Crippen molar-refractivity contribution < 1.29 is 14.2 Å². The second-order valence-corrected chi connectivity index (χ2v) is 3.01. The Bertz CT molecular complexity index is 304. The minimum atomic E-state index is -0.359. The third kappa shape index (κ3) is 2.43. The lowest BCUT2D eigenvalue weighted by atomic mass is 10.0. The second-order valence-electron chi connectivity index (χ2n) is 3.01. The number of aliphatic hydroxyl groups excluding tert-OH is 1. The van der Waals surface area contributed by atoms with Crippen LogP contribution >= 0.6 is 0 Å². The molecule has 1 aromatic carbocycles. The summed E-state index contributed by atoms with van der Waals surface area (Å²) < 4.78 is 17.8. The van der Waals surface area contributed by atoms with E-state index in [0.717, 1.165) is 0 Å². The average molecular weight is 199 g/mol. The largest absolute Gasteiger partial charge is 0.496 e. The summed E-state index contributed by atoms with van der Waals surface area (Å²) in [5.74, 6) is 0.0627. The molecule has 0 aliphatic rings. The fourth-order valence-corrected chi connectivity index (χ4v) is 1.29. The van der Waals surface area contributed by atoms with E-state index < -0.39 is 0 Å². The number of ether oxygens (including phenoxy) is 1. The van der Waals surface area contributed by atoms with Crippen LogP contribution < -0.4 is 10.5 Å². The van der Waals surface area contributed by atoms with E-state index in [9.17, 15) is 4.39 Å². The van der Waals surface area contributed by atoms with Gasteiger partial charge in [0, 0.05) is 24.3 Å². The molecule has 0 aromatic heterocycles. The Kier molecular flexibility index (Phi) is 3.85. The van der Waals surface area contributed by atoms with Crippen LogP contribution in [0.3, 0.4) is 0 Å². The topological polar surface area (TPSA) is 55.5 Å². The second kappa shape index (κ2) is 4.93. The molecule has 1 rings (SSSR count). The molecule has 0 saturated carbocycles. The standard InChI is InChI=1S/C10H14FNO2/c1-14-10-6-7(11)2-3-8(10)9(12)4-5-13/h2-3,6,9,13H,4-5,12H2,1H3. The molecule has 0 amide bonds. The van der Waals surface area contributed by atoms with Crippen LogP contribution in [0, 0.1) is 5.82 Å². The van der Waals surface area contributed by atoms with Gasteiger partial charge in [-0.2, -0.15) is 0 Å². The molecule has 1 aromatic rings. The molecule has 3 N–H and O–H groups in total. The highest BCUT2D eigenvalue weighted by Crippen LogP contribution is 2.26. The number of aliphatic hydroxyl groups is 1. The third-order valence-electron chi connectivity index (χ3n) is 2.04. The summed E-state index contributed by atoms with van der Waals surface area (Å²) in [5.41, 5.74) is 6.48. The Labute approximate surface area is 82.3 Å². The van der Waals surface area contributed by atoms with Crippen LogP contribution in [0.2, 0.25) is 0 Å². The molecule has 3 nitrogen and oxygen atoms in total. The van der Waals surface area contributed by atoms with Crippen molar-refractivity contribution in [2.45, 2.75) is 12.5 Å². The molecule has 0 spiro atoms. The zero-order valence-corrected chi connectivity index (χ0v) is 8.03. The molecule has 1 atom stereocenters. The zero-order chi connectivity index (χ0) is 10.6. The van der Waals surface area contributed by atoms with E-state index in [1.54, 1.807) is 6.07 Å². The molecule has 0 bridgehead atoms. The molecule has 0 radical (unpaired) electrons. The van der Waals surface area contributed by atoms with Crippen molar-refractivity contribution >= 4 is 0 Å². The number of benzene rings is 1. The van der Waals surface area contributed by atoms with Crippen molar-refractivity contribution in [3.63, 3.8) is 0 Å². The van der Waals surface area contributed by atoms with Crippen LogP contribution in [0.15, 0.2) is 18.2 Å². The highest BCUT2D eigenvalue weighted by molar-refractivity contribution is 5.36. The van der Waals surface area contributed by atoms with Crippen LogP contribution in [0.4, 0.5) is 4.39 Å². The van der Waals surface area contributed by atoms with Crippen molar-refractivity contribution in [3.05, 3.63) is 29.6 Å². The summed E-state index contributed by atoms with van der Waals surface area (Å²) >= 11 is 0. The van der Waals surface area contributed by atoms with Crippen molar-refractivity contribution in [1.82, 2.24) is 0 Å². The molecule has 0 aliphatic heterocycles. The normalized spacial score (nSPS) is 12.6. The maximum atomic E-state index is 12.8. The maximum absolute atomic E-state index is 12.8. The summed E-state index contributed by atoms with van der Waals surface area (Å²) in [6.45, 7) is 0.00168. The Morgan fingerprint density at radius 2 is 2.29 bits per heavy atom. The van der Waals surface area contributed by atoms with Crippen molar-refractivity contribution in [1.29, 1.82) is 0 Å². The Morgan fingerprint density at radius 3 is 2.86 bits per heavy atom. The Morgan fingerprint density at radius 1 is 1.57 bits per heavy atom. The van der Waals surface area contributed by atoms with E-state index in [0.29, 0.717) is 17.7 Å². The summed E-state index contributed by atoms with van der Waals surface area (Å²) in [6, 6.07) is 3.87. The van der Waals surface area contributed by atoms with Crippen LogP contribution in [0.5, 0.6) is 5.75 Å². The number of hydrogen-bond acceptors (Lipinski definition) is 3. The molecule has 0 saturated heterocycles. The number of hydrogen-bond donors (Lipinski definition) is 2. The van der Waals surface area contributed by atoms with Gasteiger partial charge in [-0.05, 0) is 12.5 Å². The summed E-state index contributed by atoms with van der Waals surface area (Å²) in [5, 5.41) is 8.72. The van der Waals surface area contributed by atoms with Crippen LogP contribution in [0.1, 0.15) is 18.0 Å². The van der Waals surface area contributed by atoms with Gasteiger partial charge in [0.1, 0.15) is 11.6 Å². The molecule has 0 aliphatic carbocycles. The molecular formula is C10H14FNO2. The van der Waals surface area contributed by atoms with Crippen molar-refractivity contribution in [3.8, 4) is 5.75 Å². The quantitative estimate of drug-likeness (QED) is 0.766. The first kappa shape index (κ1) is 10.9. The summed E-state index contributed by atoms with van der Waals surface area (Å²) in [4.78, 5) is 0. The highest BCUT2D eigenvalue weighted by atomic mass is 19.1. The maximum Gasteiger partial charge on any atom is 0.126 e. The molecule has 0 fully saturated rings. The first-order valence-electron chi connectivity index (χ1n) is 4.39. The van der Waals surface area contributed by atoms with Gasteiger partial charge in [-0.3, -0.25) is 0 Å². The lowest BCUT2D eigenvalue weighted by molar-refractivity contribution is 0.275. The van der Waals surface area contributed by atoms with Crippen LogP contribution in [-0.2, 0) is 0 Å². The SMILES string of the molecule is COc1cc(F)ccc1C(N)CCO. The number of rotatable bonds is 4. The van der Waals surface area contributed by atoms with Gasteiger partial charge in [0.05, 0.1) is 7.11 Å². The number of methoxy groups -OCH3 is 1. The minimum Gasteiger partial charge on any atom is -0.496 e. The van der Waals surface area contributed by atoms with E-state index in [1.807, 2.05) is 0 Å². The minimum absolute atomic E-state index is 0.00168. The fourth-order valence-electron chi connectivity index (χ4n) is 1.29. The van der Waals surface area contributed by atoms with Gasteiger partial charge in [0.2, 0.25) is 0 Å². The third-order valence-corrected chi connectivity index (χ3v) is 2.04. The van der Waals surface area contributed by atoms with E-state index in [4.69, 9.17) is 15.6 Å². The smallest absolute Gasteiger partial charge is 0.126 e.